The maximum absolute atomic E-state index is 13.8. The predicted molar refractivity (Wildman–Crippen MR) is 155 cm³/mol. The maximum atomic E-state index is 13.8. The van der Waals surface area contributed by atoms with Gasteiger partial charge < -0.3 is 14.2 Å². The van der Waals surface area contributed by atoms with Gasteiger partial charge >= 0.3 is 5.97 Å². The number of carbonyl (C=O) groups excluding carboxylic acids is 1. The second kappa shape index (κ2) is 12.2. The van der Waals surface area contributed by atoms with E-state index in [1.165, 1.54) is 16.9 Å². The van der Waals surface area contributed by atoms with Crippen LogP contribution in [0.15, 0.2) is 99.9 Å². The zero-order valence-electron chi connectivity index (χ0n) is 22.6. The topological polar surface area (TPSA) is 79.1 Å². The number of hydrogen-bond donors (Lipinski definition) is 0. The third-order valence-electron chi connectivity index (χ3n) is 6.47. The number of fused-ring (bicyclic) bond motifs is 1. The Morgan fingerprint density at radius 3 is 2.40 bits per heavy atom. The number of aryl methyl sites for hydroxylation is 1. The lowest BCUT2D eigenvalue weighted by Gasteiger charge is -2.24. The molecule has 1 aliphatic rings. The molecule has 1 aromatic heterocycles. The Labute approximate surface area is 236 Å². The number of thiazole rings is 1. The first-order valence-electron chi connectivity index (χ1n) is 13.1. The van der Waals surface area contributed by atoms with Crippen molar-refractivity contribution in [1.29, 1.82) is 0 Å². The number of aromatic nitrogens is 1. The normalized spacial score (nSPS) is 14.9. The molecule has 0 unspecified atom stereocenters. The van der Waals surface area contributed by atoms with E-state index in [-0.39, 0.29) is 12.2 Å². The Morgan fingerprint density at radius 1 is 0.950 bits per heavy atom. The SMILES string of the molecule is CCOC(=O)C1=C(C)N=c2s/c(=C\c3ccccc3OCCOc3ccc(C)cc3)c(=O)n2[C@@H]1c1ccccc1. The molecule has 5 rings (SSSR count). The number of nitrogens with zero attached hydrogens (tertiary/aromatic N) is 2. The summed E-state index contributed by atoms with van der Waals surface area (Å²) in [6.45, 7) is 6.52. The van der Waals surface area contributed by atoms with Crippen LogP contribution in [0.5, 0.6) is 11.5 Å². The molecule has 0 saturated carbocycles. The van der Waals surface area contributed by atoms with E-state index in [0.717, 1.165) is 16.9 Å². The second-order valence-corrected chi connectivity index (χ2v) is 10.3. The lowest BCUT2D eigenvalue weighted by molar-refractivity contribution is -0.139. The summed E-state index contributed by atoms with van der Waals surface area (Å²) >= 11 is 1.28. The lowest BCUT2D eigenvalue weighted by Crippen LogP contribution is -2.39. The average Bonchev–Trinajstić information content (AvgIpc) is 3.26. The van der Waals surface area contributed by atoms with E-state index in [4.69, 9.17) is 14.2 Å². The molecule has 204 valence electrons. The highest BCUT2D eigenvalue weighted by Gasteiger charge is 2.33. The zero-order valence-corrected chi connectivity index (χ0v) is 23.4. The van der Waals surface area contributed by atoms with Gasteiger partial charge in [-0.3, -0.25) is 9.36 Å². The highest BCUT2D eigenvalue weighted by molar-refractivity contribution is 7.07. The molecule has 0 spiro atoms. The Morgan fingerprint density at radius 2 is 1.65 bits per heavy atom. The first-order valence-corrected chi connectivity index (χ1v) is 13.9. The standard InChI is InChI=1S/C32H30N2O5S/c1-4-37-31(36)28-22(3)33-32-34(29(28)23-10-6-5-7-11-23)30(35)27(40-32)20-24-12-8-9-13-26(24)39-19-18-38-25-16-14-21(2)15-17-25/h5-17,20,29H,4,18-19H2,1-3H3/b27-20-/t29-/m1/s1. The minimum atomic E-state index is -0.635. The van der Waals surface area contributed by atoms with Crippen LogP contribution in [-0.4, -0.2) is 30.4 Å². The van der Waals surface area contributed by atoms with Crippen molar-refractivity contribution in [1.82, 2.24) is 4.57 Å². The Hall–Kier alpha value is -4.43. The van der Waals surface area contributed by atoms with Gasteiger partial charge in [-0.05, 0) is 50.6 Å². The third kappa shape index (κ3) is 5.77. The van der Waals surface area contributed by atoms with E-state index in [0.29, 0.717) is 39.6 Å². The van der Waals surface area contributed by atoms with Crippen LogP contribution in [0, 0.1) is 6.92 Å². The van der Waals surface area contributed by atoms with Crippen LogP contribution >= 0.6 is 11.3 Å². The molecule has 0 radical (unpaired) electrons. The number of ether oxygens (including phenoxy) is 3. The van der Waals surface area contributed by atoms with Crippen molar-refractivity contribution in [2.75, 3.05) is 19.8 Å². The van der Waals surface area contributed by atoms with E-state index < -0.39 is 12.0 Å². The molecule has 4 aromatic rings. The summed E-state index contributed by atoms with van der Waals surface area (Å²) in [5, 5.41) is 0. The van der Waals surface area contributed by atoms with Gasteiger partial charge in [0, 0.05) is 5.56 Å². The van der Waals surface area contributed by atoms with Crippen LogP contribution < -0.4 is 24.4 Å². The van der Waals surface area contributed by atoms with Crippen molar-refractivity contribution < 1.29 is 19.0 Å². The summed E-state index contributed by atoms with van der Waals surface area (Å²) in [6, 6.07) is 24.3. The fraction of sp³-hybridized carbons (Fsp3) is 0.219. The predicted octanol–water partition coefficient (Wildman–Crippen LogP) is 4.56. The molecule has 3 aromatic carbocycles. The van der Waals surface area contributed by atoms with Crippen LogP contribution in [-0.2, 0) is 9.53 Å². The smallest absolute Gasteiger partial charge is 0.338 e. The van der Waals surface area contributed by atoms with E-state index in [1.54, 1.807) is 18.4 Å². The molecule has 1 aliphatic heterocycles. The summed E-state index contributed by atoms with van der Waals surface area (Å²) in [4.78, 5) is 32.0. The molecule has 1 atom stereocenters. The number of rotatable bonds is 9. The number of benzene rings is 3. The summed E-state index contributed by atoms with van der Waals surface area (Å²) in [5.74, 6) is 0.955. The summed E-state index contributed by atoms with van der Waals surface area (Å²) in [6.07, 6.45) is 1.81. The van der Waals surface area contributed by atoms with Gasteiger partial charge in [-0.25, -0.2) is 9.79 Å². The van der Waals surface area contributed by atoms with Crippen molar-refractivity contribution in [2.24, 2.45) is 4.99 Å². The third-order valence-corrected chi connectivity index (χ3v) is 7.45. The minimum absolute atomic E-state index is 0.231. The summed E-state index contributed by atoms with van der Waals surface area (Å²) in [7, 11) is 0. The van der Waals surface area contributed by atoms with Gasteiger partial charge in [0.25, 0.3) is 5.56 Å². The minimum Gasteiger partial charge on any atom is -0.490 e. The van der Waals surface area contributed by atoms with Crippen molar-refractivity contribution in [2.45, 2.75) is 26.8 Å². The number of para-hydroxylation sites is 1. The van der Waals surface area contributed by atoms with Crippen molar-refractivity contribution in [3.8, 4) is 11.5 Å². The molecule has 2 heterocycles. The molecule has 0 N–H and O–H groups in total. The number of esters is 1. The van der Waals surface area contributed by atoms with Crippen molar-refractivity contribution >= 4 is 23.4 Å². The number of allylic oxidation sites excluding steroid dienone is 1. The Bertz CT molecular complexity index is 1720. The van der Waals surface area contributed by atoms with Crippen molar-refractivity contribution in [3.05, 3.63) is 127 Å². The van der Waals surface area contributed by atoms with Gasteiger partial charge in [0.15, 0.2) is 4.80 Å². The van der Waals surface area contributed by atoms with Gasteiger partial charge in [0.1, 0.15) is 24.7 Å². The fourth-order valence-corrected chi connectivity index (χ4v) is 5.60. The fourth-order valence-electron chi connectivity index (χ4n) is 4.56. The van der Waals surface area contributed by atoms with Gasteiger partial charge in [0.2, 0.25) is 0 Å². The molecule has 0 bridgehead atoms. The lowest BCUT2D eigenvalue weighted by atomic mass is 9.96. The molecular formula is C32H30N2O5S. The summed E-state index contributed by atoms with van der Waals surface area (Å²) < 4.78 is 19.2. The average molecular weight is 555 g/mol. The van der Waals surface area contributed by atoms with Gasteiger partial charge in [-0.15, -0.1) is 0 Å². The maximum Gasteiger partial charge on any atom is 0.338 e. The molecule has 0 saturated heterocycles. The first-order chi connectivity index (χ1) is 19.5. The molecule has 7 nitrogen and oxygen atoms in total. The van der Waals surface area contributed by atoms with Gasteiger partial charge in [-0.1, -0.05) is 77.6 Å². The molecule has 0 fully saturated rings. The first kappa shape index (κ1) is 27.1. The molecule has 0 aliphatic carbocycles. The molecular weight excluding hydrogens is 524 g/mol. The molecule has 0 amide bonds. The van der Waals surface area contributed by atoms with Crippen LogP contribution in [0.25, 0.3) is 6.08 Å². The number of hydrogen-bond acceptors (Lipinski definition) is 7. The van der Waals surface area contributed by atoms with Gasteiger partial charge in [0.05, 0.1) is 28.5 Å². The monoisotopic (exact) mass is 554 g/mol. The molecule has 8 heteroatoms. The highest BCUT2D eigenvalue weighted by Crippen LogP contribution is 2.30. The highest BCUT2D eigenvalue weighted by atomic mass is 32.1. The second-order valence-electron chi connectivity index (χ2n) is 9.26. The van der Waals surface area contributed by atoms with Crippen LogP contribution in [0.4, 0.5) is 0 Å². The summed E-state index contributed by atoms with van der Waals surface area (Å²) in [5.41, 5.74) is 3.42. The van der Waals surface area contributed by atoms with E-state index in [2.05, 4.69) is 4.99 Å². The van der Waals surface area contributed by atoms with Crippen molar-refractivity contribution in [3.63, 3.8) is 0 Å². The van der Waals surface area contributed by atoms with Crippen LogP contribution in [0.1, 0.15) is 36.6 Å². The van der Waals surface area contributed by atoms with Crippen LogP contribution in [0.3, 0.4) is 0 Å². The zero-order chi connectivity index (χ0) is 28.1. The Balaban J connectivity index is 1.47. The van der Waals surface area contributed by atoms with Gasteiger partial charge in [-0.2, -0.15) is 0 Å². The quantitative estimate of drug-likeness (QED) is 0.224. The van der Waals surface area contributed by atoms with E-state index >= 15 is 0 Å². The largest absolute Gasteiger partial charge is 0.490 e. The van der Waals surface area contributed by atoms with E-state index in [9.17, 15) is 9.59 Å². The molecule has 40 heavy (non-hydrogen) atoms. The Kier molecular flexibility index (Phi) is 8.26. The number of carbonyl (C=O) groups is 1. The van der Waals surface area contributed by atoms with Crippen LogP contribution in [0.2, 0.25) is 0 Å². The van der Waals surface area contributed by atoms with E-state index in [1.807, 2.05) is 91.9 Å².